The van der Waals surface area contributed by atoms with Gasteiger partial charge in [0.05, 0.1) is 18.6 Å². The van der Waals surface area contributed by atoms with Crippen molar-refractivity contribution in [3.8, 4) is 22.6 Å². The van der Waals surface area contributed by atoms with Gasteiger partial charge < -0.3 is 9.47 Å². The molecule has 0 spiro atoms. The molecule has 4 aromatic carbocycles. The lowest BCUT2D eigenvalue weighted by Crippen LogP contribution is -2.29. The van der Waals surface area contributed by atoms with Crippen molar-refractivity contribution in [3.63, 3.8) is 0 Å². The molecule has 0 heterocycles. The average molecular weight is 575 g/mol. The molecule has 0 bridgehead atoms. The Bertz CT molecular complexity index is 1430. The molecular weight excluding hydrogens is 524 g/mol. The predicted molar refractivity (Wildman–Crippen MR) is 182 cm³/mol. The van der Waals surface area contributed by atoms with Crippen molar-refractivity contribution >= 4 is 0 Å². The summed E-state index contributed by atoms with van der Waals surface area (Å²) in [6, 6.07) is 27.7. The van der Waals surface area contributed by atoms with Crippen LogP contribution in [0.25, 0.3) is 11.1 Å². The average Bonchev–Trinajstić information content (AvgIpc) is 3.27. The molecule has 1 aliphatic rings. The second-order valence-corrected chi connectivity index (χ2v) is 12.6. The molecule has 2 heteroatoms. The third kappa shape index (κ3) is 6.26. The lowest BCUT2D eigenvalue weighted by molar-refractivity contribution is 0.303. The lowest BCUT2D eigenvalue weighted by atomic mass is 9.67. The first kappa shape index (κ1) is 30.9. The van der Waals surface area contributed by atoms with E-state index in [1.165, 1.54) is 94.2 Å². The van der Waals surface area contributed by atoms with Gasteiger partial charge in [-0.2, -0.15) is 0 Å². The van der Waals surface area contributed by atoms with Crippen molar-refractivity contribution < 1.29 is 9.47 Å². The molecule has 226 valence electrons. The molecule has 0 N–H and O–H groups in total. The van der Waals surface area contributed by atoms with Gasteiger partial charge in [0.1, 0.15) is 11.5 Å². The van der Waals surface area contributed by atoms with Crippen LogP contribution in [-0.2, 0) is 5.41 Å². The van der Waals surface area contributed by atoms with Crippen LogP contribution in [0.4, 0.5) is 0 Å². The molecule has 1 aliphatic carbocycles. The van der Waals surface area contributed by atoms with E-state index in [4.69, 9.17) is 9.47 Å². The van der Waals surface area contributed by atoms with Crippen molar-refractivity contribution in [2.75, 3.05) is 13.2 Å². The van der Waals surface area contributed by atoms with Gasteiger partial charge in [0.15, 0.2) is 0 Å². The van der Waals surface area contributed by atoms with Crippen molar-refractivity contribution in [2.24, 2.45) is 0 Å². The van der Waals surface area contributed by atoms with Gasteiger partial charge >= 0.3 is 0 Å². The summed E-state index contributed by atoms with van der Waals surface area (Å²) < 4.78 is 12.6. The van der Waals surface area contributed by atoms with E-state index in [2.05, 4.69) is 114 Å². The summed E-state index contributed by atoms with van der Waals surface area (Å²) in [7, 11) is 0. The van der Waals surface area contributed by atoms with E-state index in [1.54, 1.807) is 0 Å². The maximum atomic E-state index is 6.30. The number of unbranched alkanes of at least 4 members (excludes halogenated alkanes) is 6. The van der Waals surface area contributed by atoms with Crippen molar-refractivity contribution in [3.05, 3.63) is 117 Å². The van der Waals surface area contributed by atoms with Crippen LogP contribution in [0.3, 0.4) is 0 Å². The van der Waals surface area contributed by atoms with Crippen molar-refractivity contribution in [1.82, 2.24) is 0 Å². The Balaban J connectivity index is 1.62. The van der Waals surface area contributed by atoms with Crippen LogP contribution in [-0.4, -0.2) is 13.2 Å². The monoisotopic (exact) mass is 574 g/mol. The van der Waals surface area contributed by atoms with Gasteiger partial charge in [-0.1, -0.05) is 124 Å². The normalized spacial score (nSPS) is 13.1. The van der Waals surface area contributed by atoms with Crippen LogP contribution in [0.1, 0.15) is 110 Å². The highest BCUT2D eigenvalue weighted by Crippen LogP contribution is 2.57. The summed E-state index contributed by atoms with van der Waals surface area (Å²) in [5.74, 6) is 1.98. The van der Waals surface area contributed by atoms with E-state index >= 15 is 0 Å². The standard InChI is InChI=1S/C41H50O2/c1-7-9-11-13-23-42-39-21-17-33(27-31(39)5)41(34-18-22-40(32(6)28-34)43-24-14-12-10-8-2)37-25-29(3)15-19-35(37)36-20-16-30(4)26-38(36)41/h15-22,25-28H,7-14,23-24H2,1-6H3. The van der Waals surface area contributed by atoms with Crippen LogP contribution in [0.2, 0.25) is 0 Å². The fraction of sp³-hybridized carbons (Fsp3) is 0.415. The maximum absolute atomic E-state index is 6.30. The Morgan fingerprint density at radius 3 is 1.33 bits per heavy atom. The zero-order chi connectivity index (χ0) is 30.4. The predicted octanol–water partition coefficient (Wildman–Crippen LogP) is 11.2. The van der Waals surface area contributed by atoms with E-state index in [-0.39, 0.29) is 0 Å². The second kappa shape index (κ2) is 13.8. The van der Waals surface area contributed by atoms with E-state index in [9.17, 15) is 0 Å². The topological polar surface area (TPSA) is 18.5 Å². The quantitative estimate of drug-likeness (QED) is 0.123. The molecule has 0 radical (unpaired) electrons. The Labute approximate surface area is 260 Å². The second-order valence-electron chi connectivity index (χ2n) is 12.6. The minimum Gasteiger partial charge on any atom is -0.493 e. The molecule has 0 atom stereocenters. The third-order valence-electron chi connectivity index (χ3n) is 9.18. The van der Waals surface area contributed by atoms with Gasteiger partial charge in [0, 0.05) is 0 Å². The molecule has 0 fully saturated rings. The molecule has 5 rings (SSSR count). The molecule has 0 aliphatic heterocycles. The Hall–Kier alpha value is -3.52. The third-order valence-corrected chi connectivity index (χ3v) is 9.18. The molecule has 0 amide bonds. The molecule has 0 saturated carbocycles. The van der Waals surface area contributed by atoms with Crippen LogP contribution in [0.5, 0.6) is 11.5 Å². The summed E-state index contributed by atoms with van der Waals surface area (Å²) in [6.07, 6.45) is 9.66. The summed E-state index contributed by atoms with van der Waals surface area (Å²) in [6.45, 7) is 14.9. The number of aryl methyl sites for hydroxylation is 4. The summed E-state index contributed by atoms with van der Waals surface area (Å²) in [5, 5.41) is 0. The Kier molecular flexibility index (Phi) is 9.96. The van der Waals surface area contributed by atoms with Crippen molar-refractivity contribution in [2.45, 2.75) is 98.3 Å². The molecule has 4 aromatic rings. The summed E-state index contributed by atoms with van der Waals surface area (Å²) in [5.41, 5.74) is 12.4. The van der Waals surface area contributed by atoms with Gasteiger partial charge in [-0.3, -0.25) is 0 Å². The number of hydrogen-bond acceptors (Lipinski definition) is 2. The first-order chi connectivity index (χ1) is 20.9. The van der Waals surface area contributed by atoms with E-state index in [0.717, 1.165) is 37.6 Å². The molecular formula is C41H50O2. The molecule has 0 aromatic heterocycles. The number of hydrogen-bond donors (Lipinski definition) is 0. The first-order valence-electron chi connectivity index (χ1n) is 16.6. The Morgan fingerprint density at radius 1 is 0.488 bits per heavy atom. The number of rotatable bonds is 14. The van der Waals surface area contributed by atoms with E-state index in [0.29, 0.717) is 0 Å². The fourth-order valence-corrected chi connectivity index (χ4v) is 6.85. The Morgan fingerprint density at radius 2 is 0.930 bits per heavy atom. The van der Waals surface area contributed by atoms with E-state index < -0.39 is 5.41 Å². The smallest absolute Gasteiger partial charge is 0.122 e. The zero-order valence-electron chi connectivity index (χ0n) is 27.3. The minimum atomic E-state index is -0.433. The largest absolute Gasteiger partial charge is 0.493 e. The van der Waals surface area contributed by atoms with Crippen LogP contribution in [0.15, 0.2) is 72.8 Å². The van der Waals surface area contributed by atoms with Crippen LogP contribution >= 0.6 is 0 Å². The van der Waals surface area contributed by atoms with Gasteiger partial charge in [-0.25, -0.2) is 0 Å². The fourth-order valence-electron chi connectivity index (χ4n) is 6.85. The minimum absolute atomic E-state index is 0.433. The zero-order valence-corrected chi connectivity index (χ0v) is 27.3. The van der Waals surface area contributed by atoms with E-state index in [1.807, 2.05) is 0 Å². The van der Waals surface area contributed by atoms with Gasteiger partial charge in [0.25, 0.3) is 0 Å². The van der Waals surface area contributed by atoms with Crippen LogP contribution in [0, 0.1) is 27.7 Å². The van der Waals surface area contributed by atoms with Gasteiger partial charge in [-0.05, 0) is 97.2 Å². The van der Waals surface area contributed by atoms with Gasteiger partial charge in [0.2, 0.25) is 0 Å². The summed E-state index contributed by atoms with van der Waals surface area (Å²) >= 11 is 0. The first-order valence-corrected chi connectivity index (χ1v) is 16.6. The molecule has 0 unspecified atom stereocenters. The van der Waals surface area contributed by atoms with Gasteiger partial charge in [-0.15, -0.1) is 0 Å². The van der Waals surface area contributed by atoms with Crippen molar-refractivity contribution in [1.29, 1.82) is 0 Å². The molecule has 2 nitrogen and oxygen atoms in total. The lowest BCUT2D eigenvalue weighted by Gasteiger charge is -2.35. The summed E-state index contributed by atoms with van der Waals surface area (Å²) in [4.78, 5) is 0. The number of ether oxygens (including phenoxy) is 2. The number of fused-ring (bicyclic) bond motifs is 3. The molecule has 43 heavy (non-hydrogen) atoms. The maximum Gasteiger partial charge on any atom is 0.122 e. The highest BCUT2D eigenvalue weighted by atomic mass is 16.5. The highest BCUT2D eigenvalue weighted by molar-refractivity contribution is 5.87. The highest BCUT2D eigenvalue weighted by Gasteiger charge is 2.46. The number of benzene rings is 4. The van der Waals surface area contributed by atoms with Crippen LogP contribution < -0.4 is 9.47 Å². The molecule has 0 saturated heterocycles. The SMILES string of the molecule is CCCCCCOc1ccc(C2(c3ccc(OCCCCCC)c(C)c3)c3cc(C)ccc3-c3ccc(C)cc32)cc1C.